The Kier molecular flexibility index (Phi) is 8.26. The molecule has 1 amide bonds. The average molecular weight is 337 g/mol. The molecule has 1 saturated carbocycles. The van der Waals surface area contributed by atoms with Crippen molar-refractivity contribution in [1.82, 2.24) is 5.32 Å². The predicted molar refractivity (Wildman–Crippen MR) is 91.5 cm³/mol. The summed E-state index contributed by atoms with van der Waals surface area (Å²) in [5.74, 6) is 0.138. The van der Waals surface area contributed by atoms with Crippen LogP contribution in [0.3, 0.4) is 0 Å². The summed E-state index contributed by atoms with van der Waals surface area (Å²) in [6, 6.07) is 6.60. The number of ether oxygens (including phenoxy) is 1. The number of methoxy groups -OCH3 is 1. The molecule has 3 N–H and O–H groups in total. The quantitative estimate of drug-likeness (QED) is 0.784. The summed E-state index contributed by atoms with van der Waals surface area (Å²) in [5, 5.41) is 17.1. The molecule has 6 nitrogen and oxygen atoms in total. The maximum atomic E-state index is 12.2. The molecule has 0 aliphatic heterocycles. The normalized spacial score (nSPS) is 19.8. The third-order valence-corrected chi connectivity index (χ3v) is 4.23. The molecule has 1 aromatic carbocycles. The molecule has 2 rings (SSSR count). The van der Waals surface area contributed by atoms with Crippen LogP contribution in [0.1, 0.15) is 42.4 Å². The van der Waals surface area contributed by atoms with E-state index in [1.807, 2.05) is 0 Å². The highest BCUT2D eigenvalue weighted by atomic mass is 16.6. The van der Waals surface area contributed by atoms with E-state index in [2.05, 4.69) is 37.4 Å². The number of amides is 1. The summed E-state index contributed by atoms with van der Waals surface area (Å²) in [4.78, 5) is 20.7. The Labute approximate surface area is 142 Å². The fourth-order valence-corrected chi connectivity index (χ4v) is 2.89. The summed E-state index contributed by atoms with van der Waals surface area (Å²) in [6.07, 6.45) is 3.17. The van der Waals surface area contributed by atoms with Gasteiger partial charge in [0.1, 0.15) is 0 Å². The number of nitrogens with one attached hydrogen (secondary N) is 1. The Hall–Kier alpha value is -2.08. The fraction of sp³-hybridized carbons (Fsp3) is 0.556. The van der Waals surface area contributed by atoms with Gasteiger partial charge in [-0.2, -0.15) is 0 Å². The van der Waals surface area contributed by atoms with Crippen LogP contribution in [0, 0.1) is 13.8 Å². The summed E-state index contributed by atoms with van der Waals surface area (Å²) < 4.78 is 5.36. The number of carboxylic acid groups (broad SMARTS) is 2. The van der Waals surface area contributed by atoms with Gasteiger partial charge in [-0.05, 0) is 50.7 Å². The lowest BCUT2D eigenvalue weighted by Crippen LogP contribution is -2.39. The second-order valence-electron chi connectivity index (χ2n) is 6.17. The number of benzene rings is 1. The van der Waals surface area contributed by atoms with Gasteiger partial charge in [-0.1, -0.05) is 23.8 Å². The van der Waals surface area contributed by atoms with Crippen LogP contribution >= 0.6 is 0 Å². The summed E-state index contributed by atoms with van der Waals surface area (Å²) >= 11 is 0. The maximum absolute atomic E-state index is 12.2. The molecule has 0 heterocycles. The van der Waals surface area contributed by atoms with Crippen LogP contribution in [0.25, 0.3) is 0 Å². The second kappa shape index (κ2) is 9.93. The molecule has 0 atom stereocenters. The topological polar surface area (TPSA) is 95.9 Å². The molecule has 0 spiro atoms. The number of hydrogen-bond donors (Lipinski definition) is 3. The average Bonchev–Trinajstić information content (AvgIpc) is 2.51. The molecule has 0 bridgehead atoms. The zero-order chi connectivity index (χ0) is 18.1. The molecule has 24 heavy (non-hydrogen) atoms. The van der Waals surface area contributed by atoms with Crippen molar-refractivity contribution in [3.05, 3.63) is 34.9 Å². The summed E-state index contributed by atoms with van der Waals surface area (Å²) in [7, 11) is 1.77. The van der Waals surface area contributed by atoms with Gasteiger partial charge in [0.15, 0.2) is 0 Å². The SMILES string of the molecule is COC1CCC(NC(=O)Cc2cc(C)ccc2C)CC1.O=C(O)O. The Morgan fingerprint density at radius 1 is 1.17 bits per heavy atom. The van der Waals surface area contributed by atoms with E-state index in [9.17, 15) is 4.79 Å². The Balaban J connectivity index is 0.000000648. The van der Waals surface area contributed by atoms with Crippen LogP contribution in [0.15, 0.2) is 18.2 Å². The first-order valence-corrected chi connectivity index (χ1v) is 8.12. The highest BCUT2D eigenvalue weighted by Gasteiger charge is 2.22. The molecule has 1 aliphatic rings. The van der Waals surface area contributed by atoms with Gasteiger partial charge in [0.25, 0.3) is 0 Å². The number of rotatable bonds is 4. The molecule has 0 radical (unpaired) electrons. The van der Waals surface area contributed by atoms with E-state index in [1.54, 1.807) is 7.11 Å². The first kappa shape index (κ1) is 20.0. The third kappa shape index (κ3) is 7.46. The predicted octanol–water partition coefficient (Wildman–Crippen LogP) is 3.14. The van der Waals surface area contributed by atoms with Crippen molar-refractivity contribution in [3.8, 4) is 0 Å². The minimum atomic E-state index is -1.83. The largest absolute Gasteiger partial charge is 0.503 e. The van der Waals surface area contributed by atoms with E-state index in [-0.39, 0.29) is 5.91 Å². The lowest BCUT2D eigenvalue weighted by Gasteiger charge is -2.28. The van der Waals surface area contributed by atoms with E-state index in [4.69, 9.17) is 19.7 Å². The lowest BCUT2D eigenvalue weighted by molar-refractivity contribution is -0.121. The van der Waals surface area contributed by atoms with Gasteiger partial charge in [0.05, 0.1) is 12.5 Å². The zero-order valence-electron chi connectivity index (χ0n) is 14.5. The van der Waals surface area contributed by atoms with Gasteiger partial charge in [-0.25, -0.2) is 4.79 Å². The van der Waals surface area contributed by atoms with Crippen molar-refractivity contribution >= 4 is 12.1 Å². The molecule has 0 saturated heterocycles. The van der Waals surface area contributed by atoms with E-state index in [0.29, 0.717) is 18.6 Å². The van der Waals surface area contributed by atoms with E-state index < -0.39 is 6.16 Å². The standard InChI is InChI=1S/C17H25NO2.CH2O3/c1-12-4-5-13(2)14(10-12)11-17(19)18-15-6-8-16(20-3)9-7-15;2-1(3)4/h4-5,10,15-16H,6-9,11H2,1-3H3,(H,18,19);(H2,2,3,4). The third-order valence-electron chi connectivity index (χ3n) is 4.23. The highest BCUT2D eigenvalue weighted by molar-refractivity contribution is 5.79. The molecule has 6 heteroatoms. The summed E-state index contributed by atoms with van der Waals surface area (Å²) in [6.45, 7) is 4.12. The Bertz CT molecular complexity index is 546. The van der Waals surface area contributed by atoms with Crippen molar-refractivity contribution in [3.63, 3.8) is 0 Å². The lowest BCUT2D eigenvalue weighted by atomic mass is 9.92. The number of carbonyl (C=O) groups is 2. The van der Waals surface area contributed by atoms with E-state index in [0.717, 1.165) is 31.2 Å². The number of hydrogen-bond acceptors (Lipinski definition) is 3. The van der Waals surface area contributed by atoms with Gasteiger partial charge in [0.2, 0.25) is 5.91 Å². The van der Waals surface area contributed by atoms with Crippen molar-refractivity contribution in [2.24, 2.45) is 0 Å². The number of aryl methyl sites for hydroxylation is 2. The smallest absolute Gasteiger partial charge is 0.450 e. The molecule has 134 valence electrons. The Morgan fingerprint density at radius 3 is 2.29 bits per heavy atom. The monoisotopic (exact) mass is 337 g/mol. The molecule has 1 aromatic rings. The van der Waals surface area contributed by atoms with Gasteiger partial charge < -0.3 is 20.3 Å². The minimum absolute atomic E-state index is 0.138. The van der Waals surface area contributed by atoms with Gasteiger partial charge in [-0.3, -0.25) is 4.79 Å². The maximum Gasteiger partial charge on any atom is 0.503 e. The number of carbonyl (C=O) groups excluding carboxylic acids is 1. The molecule has 0 unspecified atom stereocenters. The van der Waals surface area contributed by atoms with Crippen LogP contribution in [0.4, 0.5) is 4.79 Å². The van der Waals surface area contributed by atoms with Gasteiger partial charge in [0, 0.05) is 13.2 Å². The highest BCUT2D eigenvalue weighted by Crippen LogP contribution is 2.21. The Morgan fingerprint density at radius 2 is 1.75 bits per heavy atom. The first-order chi connectivity index (χ1) is 11.3. The van der Waals surface area contributed by atoms with E-state index >= 15 is 0 Å². The molecule has 0 aromatic heterocycles. The van der Waals surface area contributed by atoms with Crippen LogP contribution in [-0.2, 0) is 16.0 Å². The summed E-state index contributed by atoms with van der Waals surface area (Å²) in [5.41, 5.74) is 3.53. The molecular formula is C18H27NO5. The van der Waals surface area contributed by atoms with Gasteiger partial charge in [-0.15, -0.1) is 0 Å². The van der Waals surface area contributed by atoms with Crippen LogP contribution in [0.2, 0.25) is 0 Å². The van der Waals surface area contributed by atoms with E-state index in [1.165, 1.54) is 11.1 Å². The molecular weight excluding hydrogens is 310 g/mol. The molecule has 1 fully saturated rings. The minimum Gasteiger partial charge on any atom is -0.450 e. The first-order valence-electron chi connectivity index (χ1n) is 8.12. The van der Waals surface area contributed by atoms with Crippen molar-refractivity contribution in [2.75, 3.05) is 7.11 Å². The van der Waals surface area contributed by atoms with Crippen molar-refractivity contribution < 1.29 is 24.5 Å². The van der Waals surface area contributed by atoms with Crippen LogP contribution < -0.4 is 5.32 Å². The van der Waals surface area contributed by atoms with Crippen LogP contribution in [-0.4, -0.2) is 41.5 Å². The fourth-order valence-electron chi connectivity index (χ4n) is 2.89. The molecule has 1 aliphatic carbocycles. The van der Waals surface area contributed by atoms with Gasteiger partial charge >= 0.3 is 6.16 Å². The van der Waals surface area contributed by atoms with Crippen LogP contribution in [0.5, 0.6) is 0 Å². The van der Waals surface area contributed by atoms with Crippen molar-refractivity contribution in [2.45, 2.75) is 58.1 Å². The second-order valence-corrected chi connectivity index (χ2v) is 6.17. The zero-order valence-corrected chi connectivity index (χ0v) is 14.5. The van der Waals surface area contributed by atoms with Crippen molar-refractivity contribution in [1.29, 1.82) is 0 Å².